The highest BCUT2D eigenvalue weighted by Crippen LogP contribution is 2.32. The maximum absolute atomic E-state index is 12.6. The molecule has 0 atom stereocenters. The van der Waals surface area contributed by atoms with E-state index in [4.69, 9.17) is 11.6 Å². The highest BCUT2D eigenvalue weighted by Gasteiger charge is 2.36. The normalized spacial score (nSPS) is 15.2. The average molecular weight is 430 g/mol. The molecule has 0 spiro atoms. The van der Waals surface area contributed by atoms with Crippen LogP contribution < -0.4 is 10.2 Å². The molecule has 2 aromatic carbocycles. The largest absolute Gasteiger partial charge is 0.378 e. The lowest BCUT2D eigenvalue weighted by molar-refractivity contribution is -0.127. The van der Waals surface area contributed by atoms with Gasteiger partial charge in [-0.05, 0) is 60.2 Å². The molecule has 3 amide bonds. The maximum atomic E-state index is 12.6. The van der Waals surface area contributed by atoms with E-state index in [0.29, 0.717) is 15.6 Å². The molecule has 6 nitrogen and oxygen atoms in total. The first-order valence-corrected chi connectivity index (χ1v) is 10.0. The lowest BCUT2D eigenvalue weighted by Gasteiger charge is -2.14. The van der Waals surface area contributed by atoms with E-state index < -0.39 is 17.1 Å². The quantitative estimate of drug-likeness (QED) is 0.714. The fourth-order valence-electron chi connectivity index (χ4n) is 2.72. The lowest BCUT2D eigenvalue weighted by Crippen LogP contribution is -2.36. The summed E-state index contributed by atoms with van der Waals surface area (Å²) in [5.74, 6) is -0.941. The van der Waals surface area contributed by atoms with Crippen LogP contribution in [0.2, 0.25) is 5.02 Å². The van der Waals surface area contributed by atoms with Gasteiger partial charge >= 0.3 is 0 Å². The number of hydrogen-bond acceptors (Lipinski definition) is 5. The van der Waals surface area contributed by atoms with Crippen molar-refractivity contribution < 1.29 is 14.4 Å². The summed E-state index contributed by atoms with van der Waals surface area (Å²) in [7, 11) is 3.88. The molecule has 1 heterocycles. The van der Waals surface area contributed by atoms with Crippen LogP contribution in [-0.4, -0.2) is 42.6 Å². The van der Waals surface area contributed by atoms with Crippen molar-refractivity contribution in [3.8, 4) is 0 Å². The van der Waals surface area contributed by atoms with Gasteiger partial charge in [0.1, 0.15) is 6.54 Å². The minimum Gasteiger partial charge on any atom is -0.378 e. The molecule has 3 rings (SSSR count). The van der Waals surface area contributed by atoms with Crippen molar-refractivity contribution in [3.63, 3.8) is 0 Å². The highest BCUT2D eigenvalue weighted by atomic mass is 35.5. The number of anilines is 2. The number of thioether (sulfide) groups is 1. The van der Waals surface area contributed by atoms with Gasteiger partial charge in [0.25, 0.3) is 11.1 Å². The SMILES string of the molecule is Cc1ccc(Cl)cc1NC(=O)CN1C(=O)S/C(=C/c2ccc(N(C)C)cc2)C1=O. The molecule has 150 valence electrons. The Hall–Kier alpha value is -2.77. The zero-order chi connectivity index (χ0) is 21.1. The number of aryl methyl sites for hydroxylation is 1. The molecule has 1 fully saturated rings. The molecular formula is C21H20ClN3O3S. The molecule has 1 aliphatic rings. The zero-order valence-electron chi connectivity index (χ0n) is 16.2. The minimum absolute atomic E-state index is 0.291. The average Bonchev–Trinajstić information content (AvgIpc) is 2.92. The van der Waals surface area contributed by atoms with E-state index in [1.807, 2.05) is 50.2 Å². The van der Waals surface area contributed by atoms with Gasteiger partial charge in [0.05, 0.1) is 4.91 Å². The van der Waals surface area contributed by atoms with Crippen LogP contribution in [0.5, 0.6) is 0 Å². The third kappa shape index (κ3) is 4.99. The number of carbonyl (C=O) groups excluding carboxylic acids is 3. The monoisotopic (exact) mass is 429 g/mol. The van der Waals surface area contributed by atoms with Crippen LogP contribution in [0.4, 0.5) is 16.2 Å². The van der Waals surface area contributed by atoms with Crippen LogP contribution >= 0.6 is 23.4 Å². The van der Waals surface area contributed by atoms with Gasteiger partial charge in [0.2, 0.25) is 5.91 Å². The van der Waals surface area contributed by atoms with Gasteiger partial charge in [0.15, 0.2) is 0 Å². The molecule has 1 saturated heterocycles. The Morgan fingerprint density at radius 3 is 2.52 bits per heavy atom. The second-order valence-corrected chi connectivity index (χ2v) is 8.19. The summed E-state index contributed by atoms with van der Waals surface area (Å²) >= 11 is 6.78. The number of imide groups is 1. The number of halogens is 1. The Kier molecular flexibility index (Phi) is 6.30. The van der Waals surface area contributed by atoms with Crippen LogP contribution in [0.15, 0.2) is 47.4 Å². The summed E-state index contributed by atoms with van der Waals surface area (Å²) in [4.78, 5) is 40.4. The molecule has 0 unspecified atom stereocenters. The predicted molar refractivity (Wildman–Crippen MR) is 118 cm³/mol. The Bertz CT molecular complexity index is 1000. The molecule has 0 aliphatic carbocycles. The summed E-state index contributed by atoms with van der Waals surface area (Å²) in [6.45, 7) is 1.48. The summed E-state index contributed by atoms with van der Waals surface area (Å²) in [6.07, 6.45) is 1.66. The number of nitrogens with one attached hydrogen (secondary N) is 1. The van der Waals surface area contributed by atoms with Gasteiger partial charge in [0, 0.05) is 30.5 Å². The van der Waals surface area contributed by atoms with Gasteiger partial charge in [-0.25, -0.2) is 0 Å². The lowest BCUT2D eigenvalue weighted by atomic mass is 10.2. The first-order valence-electron chi connectivity index (χ1n) is 8.83. The first kappa shape index (κ1) is 21.0. The summed E-state index contributed by atoms with van der Waals surface area (Å²) in [5.41, 5.74) is 3.22. The molecule has 0 bridgehead atoms. The van der Waals surface area contributed by atoms with E-state index in [1.54, 1.807) is 24.3 Å². The van der Waals surface area contributed by atoms with Crippen LogP contribution in [0.1, 0.15) is 11.1 Å². The van der Waals surface area contributed by atoms with Crippen molar-refractivity contribution in [2.24, 2.45) is 0 Å². The molecule has 29 heavy (non-hydrogen) atoms. The van der Waals surface area contributed by atoms with Gasteiger partial charge in [-0.15, -0.1) is 0 Å². The number of rotatable bonds is 5. The number of benzene rings is 2. The first-order chi connectivity index (χ1) is 13.7. The van der Waals surface area contributed by atoms with E-state index in [9.17, 15) is 14.4 Å². The minimum atomic E-state index is -0.477. The zero-order valence-corrected chi connectivity index (χ0v) is 17.8. The van der Waals surface area contributed by atoms with Gasteiger partial charge in [-0.3, -0.25) is 19.3 Å². The van der Waals surface area contributed by atoms with E-state index in [0.717, 1.165) is 33.5 Å². The van der Waals surface area contributed by atoms with Gasteiger partial charge < -0.3 is 10.2 Å². The second kappa shape index (κ2) is 8.71. The Morgan fingerprint density at radius 1 is 1.17 bits per heavy atom. The smallest absolute Gasteiger partial charge is 0.294 e. The molecule has 1 aliphatic heterocycles. The van der Waals surface area contributed by atoms with E-state index in [-0.39, 0.29) is 6.54 Å². The topological polar surface area (TPSA) is 69.7 Å². The number of nitrogens with zero attached hydrogens (tertiary/aromatic N) is 2. The number of hydrogen-bond donors (Lipinski definition) is 1. The molecule has 1 N–H and O–H groups in total. The van der Waals surface area contributed by atoms with Crippen molar-refractivity contribution in [2.45, 2.75) is 6.92 Å². The van der Waals surface area contributed by atoms with Crippen LogP contribution in [-0.2, 0) is 9.59 Å². The maximum Gasteiger partial charge on any atom is 0.294 e. The standard InChI is InChI=1S/C21H20ClN3O3S/c1-13-4-7-15(22)11-17(13)23-19(26)12-25-20(27)18(29-21(25)28)10-14-5-8-16(9-6-14)24(2)3/h4-11H,12H2,1-3H3,(H,23,26)/b18-10+. The van der Waals surface area contributed by atoms with Crippen molar-refractivity contribution in [2.75, 3.05) is 30.9 Å². The molecular weight excluding hydrogens is 410 g/mol. The van der Waals surface area contributed by atoms with Crippen LogP contribution in [0.3, 0.4) is 0 Å². The van der Waals surface area contributed by atoms with Crippen molar-refractivity contribution in [1.82, 2.24) is 4.90 Å². The second-order valence-electron chi connectivity index (χ2n) is 6.76. The van der Waals surface area contributed by atoms with Crippen molar-refractivity contribution >= 4 is 57.9 Å². The molecule has 0 aromatic heterocycles. The number of carbonyl (C=O) groups is 3. The molecule has 2 aromatic rings. The third-order valence-corrected chi connectivity index (χ3v) is 5.50. The summed E-state index contributed by atoms with van der Waals surface area (Å²) in [5, 5.41) is 2.72. The molecule has 0 saturated carbocycles. The van der Waals surface area contributed by atoms with Gasteiger partial charge in [-0.2, -0.15) is 0 Å². The fraction of sp³-hybridized carbons (Fsp3) is 0.190. The Balaban J connectivity index is 1.70. The molecule has 0 radical (unpaired) electrons. The number of amides is 3. The van der Waals surface area contributed by atoms with Crippen LogP contribution in [0.25, 0.3) is 6.08 Å². The van der Waals surface area contributed by atoms with Crippen LogP contribution in [0, 0.1) is 6.92 Å². The van der Waals surface area contributed by atoms with E-state index in [1.165, 1.54) is 0 Å². The summed E-state index contributed by atoms with van der Waals surface area (Å²) in [6, 6.07) is 12.7. The fourth-order valence-corrected chi connectivity index (χ4v) is 3.73. The molecule has 8 heteroatoms. The Labute approximate surface area is 178 Å². The predicted octanol–water partition coefficient (Wildman–Crippen LogP) is 4.39. The third-order valence-electron chi connectivity index (χ3n) is 4.36. The highest BCUT2D eigenvalue weighted by molar-refractivity contribution is 8.18. The van der Waals surface area contributed by atoms with Crippen molar-refractivity contribution in [1.29, 1.82) is 0 Å². The van der Waals surface area contributed by atoms with E-state index >= 15 is 0 Å². The van der Waals surface area contributed by atoms with Gasteiger partial charge in [-0.1, -0.05) is 29.8 Å². The summed E-state index contributed by atoms with van der Waals surface area (Å²) < 4.78 is 0. The Morgan fingerprint density at radius 2 is 1.86 bits per heavy atom. The van der Waals surface area contributed by atoms with Crippen molar-refractivity contribution in [3.05, 3.63) is 63.5 Å². The van der Waals surface area contributed by atoms with E-state index in [2.05, 4.69) is 5.32 Å².